The van der Waals surface area contributed by atoms with Crippen LogP contribution in [0.15, 0.2) is 65.6 Å². The first-order valence-electron chi connectivity index (χ1n) is 9.94. The number of rotatable bonds is 5. The fraction of sp³-hybridized carbons (Fsp3) is 0.167. The summed E-state index contributed by atoms with van der Waals surface area (Å²) in [6.45, 7) is 0.424. The summed E-state index contributed by atoms with van der Waals surface area (Å²) in [6, 6.07) is 18.5. The molecule has 0 unspecified atom stereocenters. The lowest BCUT2D eigenvalue weighted by Gasteiger charge is -2.18. The van der Waals surface area contributed by atoms with Gasteiger partial charge in [-0.05, 0) is 54.1 Å². The molecule has 168 valence electrons. The molecule has 0 spiro atoms. The lowest BCUT2D eigenvalue weighted by Crippen LogP contribution is -2.24. The Hall–Kier alpha value is -3.05. The monoisotopic (exact) mass is 500 g/mol. The zero-order valence-electron chi connectivity index (χ0n) is 17.5. The number of para-hydroxylation sites is 1. The maximum Gasteiger partial charge on any atom is 0.227 e. The van der Waals surface area contributed by atoms with Crippen molar-refractivity contribution >= 4 is 44.6 Å². The zero-order chi connectivity index (χ0) is 23.8. The standard InChI is InChI=1S/C24H18Cl2N2O4S/c1-33(30,31)19-8-6-18(7-9-19)28-14-17(12-23(28)29)15-5-10-20(25)22(11-15)32-24-16(13-27)3-2-4-21(24)26/h2-11,17H,12,14H2,1H3/t17-/m0/s1. The number of ether oxygens (including phenoxy) is 1. The van der Waals surface area contributed by atoms with Gasteiger partial charge in [0.25, 0.3) is 0 Å². The molecule has 0 aliphatic carbocycles. The van der Waals surface area contributed by atoms with Crippen molar-refractivity contribution in [3.8, 4) is 17.6 Å². The molecule has 3 aromatic carbocycles. The summed E-state index contributed by atoms with van der Waals surface area (Å²) >= 11 is 12.5. The molecule has 1 fully saturated rings. The number of benzene rings is 3. The summed E-state index contributed by atoms with van der Waals surface area (Å²) in [4.78, 5) is 14.5. The van der Waals surface area contributed by atoms with E-state index in [0.717, 1.165) is 11.8 Å². The van der Waals surface area contributed by atoms with E-state index >= 15 is 0 Å². The molecule has 0 radical (unpaired) electrons. The molecule has 1 aliphatic heterocycles. The van der Waals surface area contributed by atoms with Crippen LogP contribution in [0.4, 0.5) is 5.69 Å². The summed E-state index contributed by atoms with van der Waals surface area (Å²) in [5.41, 5.74) is 1.77. The van der Waals surface area contributed by atoms with Crippen molar-refractivity contribution in [2.45, 2.75) is 17.2 Å². The van der Waals surface area contributed by atoms with Gasteiger partial charge < -0.3 is 9.64 Å². The molecule has 9 heteroatoms. The molecule has 1 amide bonds. The average molecular weight is 501 g/mol. The molecular weight excluding hydrogens is 483 g/mol. The summed E-state index contributed by atoms with van der Waals surface area (Å²) in [6.07, 6.45) is 1.42. The van der Waals surface area contributed by atoms with Gasteiger partial charge in [0, 0.05) is 30.8 Å². The van der Waals surface area contributed by atoms with Gasteiger partial charge in [0.05, 0.1) is 20.5 Å². The number of nitrogens with zero attached hydrogens (tertiary/aromatic N) is 2. The normalized spacial score (nSPS) is 16.0. The zero-order valence-corrected chi connectivity index (χ0v) is 19.8. The van der Waals surface area contributed by atoms with Crippen LogP contribution in [-0.2, 0) is 14.6 Å². The first-order chi connectivity index (χ1) is 15.7. The van der Waals surface area contributed by atoms with Crippen molar-refractivity contribution in [3.05, 3.63) is 81.8 Å². The third-order valence-electron chi connectivity index (χ3n) is 5.43. The van der Waals surface area contributed by atoms with Gasteiger partial charge in [-0.2, -0.15) is 5.26 Å². The number of hydrogen-bond donors (Lipinski definition) is 0. The smallest absolute Gasteiger partial charge is 0.227 e. The van der Waals surface area contributed by atoms with Crippen molar-refractivity contribution in [2.75, 3.05) is 17.7 Å². The molecule has 0 saturated carbocycles. The third kappa shape index (κ3) is 4.83. The van der Waals surface area contributed by atoms with Crippen LogP contribution in [0.3, 0.4) is 0 Å². The lowest BCUT2D eigenvalue weighted by atomic mass is 9.98. The number of nitriles is 1. The van der Waals surface area contributed by atoms with Crippen LogP contribution in [0.1, 0.15) is 23.5 Å². The van der Waals surface area contributed by atoms with Gasteiger partial charge >= 0.3 is 0 Å². The molecule has 1 heterocycles. The van der Waals surface area contributed by atoms with Crippen LogP contribution in [0.2, 0.25) is 10.0 Å². The van der Waals surface area contributed by atoms with Gasteiger partial charge in [-0.25, -0.2) is 8.42 Å². The Bertz CT molecular complexity index is 1380. The highest BCUT2D eigenvalue weighted by molar-refractivity contribution is 7.90. The topological polar surface area (TPSA) is 87.5 Å². The van der Waals surface area contributed by atoms with E-state index in [2.05, 4.69) is 0 Å². The Labute approximate surface area is 201 Å². The Kier molecular flexibility index (Phi) is 6.35. The fourth-order valence-electron chi connectivity index (χ4n) is 3.72. The minimum Gasteiger partial charge on any atom is -0.453 e. The van der Waals surface area contributed by atoms with Crippen molar-refractivity contribution in [3.63, 3.8) is 0 Å². The van der Waals surface area contributed by atoms with Gasteiger partial charge in [0.15, 0.2) is 15.6 Å². The van der Waals surface area contributed by atoms with Gasteiger partial charge in [0.1, 0.15) is 11.8 Å². The number of carbonyl (C=O) groups is 1. The molecular formula is C24H18Cl2N2O4S. The summed E-state index contributed by atoms with van der Waals surface area (Å²) < 4.78 is 29.3. The van der Waals surface area contributed by atoms with Crippen molar-refractivity contribution < 1.29 is 17.9 Å². The first kappa shape index (κ1) is 23.1. The Balaban J connectivity index is 1.59. The van der Waals surface area contributed by atoms with Crippen LogP contribution in [0.5, 0.6) is 11.5 Å². The molecule has 1 saturated heterocycles. The number of hydrogen-bond acceptors (Lipinski definition) is 5. The molecule has 4 rings (SSSR count). The highest BCUT2D eigenvalue weighted by atomic mass is 35.5. The van der Waals surface area contributed by atoms with Crippen LogP contribution >= 0.6 is 23.2 Å². The quantitative estimate of drug-likeness (QED) is 0.456. The molecule has 3 aromatic rings. The number of amides is 1. The first-order valence-corrected chi connectivity index (χ1v) is 12.6. The van der Waals surface area contributed by atoms with Gasteiger partial charge in [-0.15, -0.1) is 0 Å². The number of sulfone groups is 1. The lowest BCUT2D eigenvalue weighted by molar-refractivity contribution is -0.117. The Morgan fingerprint density at radius 3 is 2.45 bits per heavy atom. The van der Waals surface area contributed by atoms with E-state index < -0.39 is 9.84 Å². The van der Waals surface area contributed by atoms with Crippen molar-refractivity contribution in [2.24, 2.45) is 0 Å². The third-order valence-corrected chi connectivity index (χ3v) is 7.17. The van der Waals surface area contributed by atoms with Crippen molar-refractivity contribution in [1.82, 2.24) is 0 Å². The van der Waals surface area contributed by atoms with Crippen molar-refractivity contribution in [1.29, 1.82) is 5.26 Å². The minimum atomic E-state index is -3.31. The maximum atomic E-state index is 12.7. The average Bonchev–Trinajstić information content (AvgIpc) is 3.17. The minimum absolute atomic E-state index is 0.0672. The molecule has 0 aromatic heterocycles. The number of carbonyl (C=O) groups excluding carboxylic acids is 1. The summed E-state index contributed by atoms with van der Waals surface area (Å²) in [7, 11) is -3.31. The van der Waals surface area contributed by atoms with E-state index in [1.54, 1.807) is 47.4 Å². The maximum absolute atomic E-state index is 12.7. The largest absolute Gasteiger partial charge is 0.453 e. The van der Waals surface area contributed by atoms with Crippen LogP contribution < -0.4 is 9.64 Å². The van der Waals surface area contributed by atoms with E-state index in [1.165, 1.54) is 12.1 Å². The van der Waals surface area contributed by atoms with E-state index in [1.807, 2.05) is 12.1 Å². The molecule has 0 bridgehead atoms. The van der Waals surface area contributed by atoms with E-state index in [4.69, 9.17) is 27.9 Å². The second-order valence-corrected chi connectivity index (χ2v) is 10.5. The van der Waals surface area contributed by atoms with Gasteiger partial charge in [-0.1, -0.05) is 35.3 Å². The molecule has 33 heavy (non-hydrogen) atoms. The molecule has 6 nitrogen and oxygen atoms in total. The SMILES string of the molecule is CS(=O)(=O)c1ccc(N2C[C@@H](c3ccc(Cl)c(Oc4c(Cl)cccc4C#N)c3)CC2=O)cc1. The highest BCUT2D eigenvalue weighted by Gasteiger charge is 2.32. The fourth-order valence-corrected chi connectivity index (χ4v) is 4.72. The highest BCUT2D eigenvalue weighted by Crippen LogP contribution is 2.39. The van der Waals surface area contributed by atoms with Crippen LogP contribution in [0, 0.1) is 11.3 Å². The van der Waals surface area contributed by atoms with Crippen LogP contribution in [-0.4, -0.2) is 27.1 Å². The Morgan fingerprint density at radius 1 is 1.06 bits per heavy atom. The second-order valence-electron chi connectivity index (χ2n) is 7.69. The summed E-state index contributed by atoms with van der Waals surface area (Å²) in [5.74, 6) is 0.369. The second kappa shape index (κ2) is 9.06. The van der Waals surface area contributed by atoms with E-state index in [-0.39, 0.29) is 39.5 Å². The van der Waals surface area contributed by atoms with Crippen LogP contribution in [0.25, 0.3) is 0 Å². The molecule has 0 N–H and O–H groups in total. The number of halogens is 2. The van der Waals surface area contributed by atoms with E-state index in [0.29, 0.717) is 23.0 Å². The Morgan fingerprint density at radius 2 is 1.79 bits per heavy atom. The van der Waals surface area contributed by atoms with E-state index in [9.17, 15) is 18.5 Å². The molecule has 1 aliphatic rings. The van der Waals surface area contributed by atoms with Gasteiger partial charge in [-0.3, -0.25) is 4.79 Å². The predicted octanol–water partition coefficient (Wildman–Crippen LogP) is 5.58. The number of anilines is 1. The predicted molar refractivity (Wildman–Crippen MR) is 127 cm³/mol. The van der Waals surface area contributed by atoms with Gasteiger partial charge in [0.2, 0.25) is 5.91 Å². The molecule has 1 atom stereocenters. The summed E-state index contributed by atoms with van der Waals surface area (Å²) in [5, 5.41) is 9.98.